The van der Waals surface area contributed by atoms with Crippen molar-refractivity contribution in [3.05, 3.63) is 211 Å². The van der Waals surface area contributed by atoms with E-state index >= 15 is 0 Å². The van der Waals surface area contributed by atoms with Crippen molar-refractivity contribution in [1.82, 2.24) is 4.57 Å². The molecule has 3 aromatic heterocycles. The number of para-hydroxylation sites is 1. The average molecular weight is 812 g/mol. The first-order valence-corrected chi connectivity index (χ1v) is 21.7. The van der Waals surface area contributed by atoms with Crippen molar-refractivity contribution in [2.45, 2.75) is 26.3 Å². The Morgan fingerprint density at radius 3 is 2.13 bits per heavy atom. The molecule has 8 aromatic carbocycles. The first-order valence-electron chi connectivity index (χ1n) is 21.7. The summed E-state index contributed by atoms with van der Waals surface area (Å²) in [6, 6.07) is 61.8. The highest BCUT2D eigenvalue weighted by atomic mass is 16.3. The first kappa shape index (κ1) is 36.8. The fourth-order valence-corrected chi connectivity index (χ4v) is 9.60. The molecule has 63 heavy (non-hydrogen) atoms. The second-order valence-corrected chi connectivity index (χ2v) is 16.3. The normalized spacial score (nSPS) is 13.6. The summed E-state index contributed by atoms with van der Waals surface area (Å²) >= 11 is 0. The fraction of sp³-hybridized carbons (Fsp3) is 0.0690. The lowest BCUT2D eigenvalue weighted by Gasteiger charge is -2.14. The van der Waals surface area contributed by atoms with Crippen LogP contribution in [0.25, 0.3) is 93.6 Å². The van der Waals surface area contributed by atoms with Crippen molar-refractivity contribution in [2.24, 2.45) is 9.98 Å². The standard InChI is InChI=1S/C58H41N3O2/c1-37(39-16-5-2-6-17-39)60-58(59-36-38-30-32-46-54(34-38)63-52-28-14-24-43(56(46)52)40-18-7-3-8-19-40)47-25-15-29-53-57(47)48-35-41(31-33-51(48)62-53)44-23-13-27-50-55(44)45-22-11-12-26-49(45)61(50)42-20-9-4-10-21-42/h2-9,11-20,22-35H,10,21,36H2,1H3. The van der Waals surface area contributed by atoms with Crippen LogP contribution >= 0.6 is 0 Å². The number of hydrogen-bond acceptors (Lipinski definition) is 3. The minimum Gasteiger partial charge on any atom is -0.456 e. The predicted octanol–water partition coefficient (Wildman–Crippen LogP) is 15.6. The Kier molecular flexibility index (Phi) is 8.85. The van der Waals surface area contributed by atoms with Gasteiger partial charge in [-0.25, -0.2) is 4.99 Å². The van der Waals surface area contributed by atoms with Crippen molar-refractivity contribution >= 4 is 82.9 Å². The van der Waals surface area contributed by atoms with E-state index in [1.54, 1.807) is 0 Å². The molecule has 3 heterocycles. The van der Waals surface area contributed by atoms with E-state index in [0.717, 1.165) is 90.2 Å². The predicted molar refractivity (Wildman–Crippen MR) is 263 cm³/mol. The second kappa shape index (κ2) is 15.2. The van der Waals surface area contributed by atoms with Gasteiger partial charge in [-0.15, -0.1) is 0 Å². The van der Waals surface area contributed by atoms with Gasteiger partial charge < -0.3 is 13.4 Å². The van der Waals surface area contributed by atoms with Crippen molar-refractivity contribution in [1.29, 1.82) is 0 Å². The Morgan fingerprint density at radius 2 is 1.29 bits per heavy atom. The quantitative estimate of drug-likeness (QED) is 0.119. The Morgan fingerprint density at radius 1 is 0.556 bits per heavy atom. The summed E-state index contributed by atoms with van der Waals surface area (Å²) in [6.07, 6.45) is 8.73. The summed E-state index contributed by atoms with van der Waals surface area (Å²) < 4.78 is 15.6. The molecule has 0 atom stereocenters. The molecule has 0 bridgehead atoms. The van der Waals surface area contributed by atoms with Gasteiger partial charge in [0.2, 0.25) is 0 Å². The monoisotopic (exact) mass is 811 g/mol. The van der Waals surface area contributed by atoms with Gasteiger partial charge in [0.15, 0.2) is 5.84 Å². The molecule has 0 amide bonds. The third kappa shape index (κ3) is 6.31. The highest BCUT2D eigenvalue weighted by molar-refractivity contribution is 6.22. The van der Waals surface area contributed by atoms with Gasteiger partial charge in [0.25, 0.3) is 0 Å². The topological polar surface area (TPSA) is 55.9 Å². The molecule has 0 N–H and O–H groups in total. The smallest absolute Gasteiger partial charge is 0.155 e. The average Bonchev–Trinajstić information content (AvgIpc) is 4.03. The van der Waals surface area contributed by atoms with Crippen LogP contribution in [0.15, 0.2) is 213 Å². The summed E-state index contributed by atoms with van der Waals surface area (Å²) in [5.74, 6) is 0.645. The summed E-state index contributed by atoms with van der Waals surface area (Å²) in [5, 5.41) is 6.72. The molecule has 12 rings (SSSR count). The van der Waals surface area contributed by atoms with E-state index < -0.39 is 0 Å². The molecule has 0 saturated heterocycles. The van der Waals surface area contributed by atoms with Crippen molar-refractivity contribution in [3.63, 3.8) is 0 Å². The van der Waals surface area contributed by atoms with Crippen LogP contribution in [0.1, 0.15) is 36.5 Å². The van der Waals surface area contributed by atoms with E-state index in [1.165, 1.54) is 38.6 Å². The van der Waals surface area contributed by atoms with Crippen LogP contribution in [-0.2, 0) is 6.54 Å². The third-order valence-corrected chi connectivity index (χ3v) is 12.5. The zero-order valence-electron chi connectivity index (χ0n) is 34.8. The van der Waals surface area contributed by atoms with Gasteiger partial charge in [0, 0.05) is 49.3 Å². The molecule has 11 aromatic rings. The van der Waals surface area contributed by atoms with Crippen LogP contribution in [0.3, 0.4) is 0 Å². The van der Waals surface area contributed by atoms with Gasteiger partial charge in [-0.3, -0.25) is 4.99 Å². The summed E-state index contributed by atoms with van der Waals surface area (Å²) in [5.41, 5.74) is 15.6. The molecule has 1 aliphatic rings. The lowest BCUT2D eigenvalue weighted by atomic mass is 9.97. The molecule has 0 radical (unpaired) electrons. The number of hydrogen-bond donors (Lipinski definition) is 0. The number of amidine groups is 1. The van der Waals surface area contributed by atoms with E-state index in [0.29, 0.717) is 12.4 Å². The highest BCUT2D eigenvalue weighted by Gasteiger charge is 2.21. The molecule has 1 aliphatic carbocycles. The minimum atomic E-state index is 0.412. The lowest BCUT2D eigenvalue weighted by Crippen LogP contribution is -2.05. The largest absolute Gasteiger partial charge is 0.456 e. The molecular formula is C58H41N3O2. The molecule has 0 saturated carbocycles. The number of aromatic nitrogens is 1. The van der Waals surface area contributed by atoms with Crippen LogP contribution in [0.5, 0.6) is 0 Å². The number of allylic oxidation sites excluding steroid dienone is 4. The molecule has 0 aliphatic heterocycles. The van der Waals surface area contributed by atoms with E-state index in [-0.39, 0.29) is 0 Å². The zero-order valence-corrected chi connectivity index (χ0v) is 34.8. The van der Waals surface area contributed by atoms with Gasteiger partial charge in [0.05, 0.1) is 17.6 Å². The summed E-state index contributed by atoms with van der Waals surface area (Å²) in [7, 11) is 0. The number of aliphatic imine (C=N–C) groups is 2. The number of furan rings is 2. The van der Waals surface area contributed by atoms with Crippen molar-refractivity contribution in [3.8, 4) is 22.3 Å². The van der Waals surface area contributed by atoms with Crippen molar-refractivity contribution < 1.29 is 8.83 Å². The number of fused-ring (bicyclic) bond motifs is 9. The molecule has 0 spiro atoms. The first-order chi connectivity index (χ1) is 31.2. The summed E-state index contributed by atoms with van der Waals surface area (Å²) in [6.45, 7) is 2.47. The molecule has 300 valence electrons. The van der Waals surface area contributed by atoms with Crippen LogP contribution in [-0.4, -0.2) is 16.1 Å². The number of nitrogens with zero attached hydrogens (tertiary/aromatic N) is 3. The van der Waals surface area contributed by atoms with Crippen LogP contribution in [0.2, 0.25) is 0 Å². The van der Waals surface area contributed by atoms with E-state index in [1.807, 2.05) is 42.5 Å². The van der Waals surface area contributed by atoms with Crippen molar-refractivity contribution in [2.75, 3.05) is 0 Å². The maximum absolute atomic E-state index is 6.61. The Hall–Kier alpha value is -8.02. The fourth-order valence-electron chi connectivity index (χ4n) is 9.60. The minimum absolute atomic E-state index is 0.412. The van der Waals surface area contributed by atoms with Gasteiger partial charge >= 0.3 is 0 Å². The van der Waals surface area contributed by atoms with Gasteiger partial charge in [-0.1, -0.05) is 146 Å². The van der Waals surface area contributed by atoms with Gasteiger partial charge in [-0.2, -0.15) is 0 Å². The maximum atomic E-state index is 6.61. The Bertz CT molecular complexity index is 3710. The van der Waals surface area contributed by atoms with E-state index in [2.05, 4.69) is 163 Å². The van der Waals surface area contributed by atoms with Crippen LogP contribution < -0.4 is 0 Å². The Labute approximate surface area is 364 Å². The molecule has 5 nitrogen and oxygen atoms in total. The third-order valence-electron chi connectivity index (χ3n) is 12.5. The van der Waals surface area contributed by atoms with Crippen LogP contribution in [0.4, 0.5) is 0 Å². The van der Waals surface area contributed by atoms with E-state index in [9.17, 15) is 0 Å². The Balaban J connectivity index is 1.00. The summed E-state index contributed by atoms with van der Waals surface area (Å²) in [4.78, 5) is 10.6. The molecular weight excluding hydrogens is 771 g/mol. The molecule has 5 heteroatoms. The van der Waals surface area contributed by atoms with Gasteiger partial charge in [-0.05, 0) is 102 Å². The van der Waals surface area contributed by atoms with E-state index in [4.69, 9.17) is 18.8 Å². The lowest BCUT2D eigenvalue weighted by molar-refractivity contribution is 0.668. The molecule has 0 fully saturated rings. The maximum Gasteiger partial charge on any atom is 0.155 e. The number of rotatable bonds is 7. The van der Waals surface area contributed by atoms with Crippen LogP contribution in [0, 0.1) is 0 Å². The number of benzene rings is 8. The second-order valence-electron chi connectivity index (χ2n) is 16.3. The highest BCUT2D eigenvalue weighted by Crippen LogP contribution is 2.42. The SMILES string of the molecule is CC(=NC(=NCc1ccc2c(c1)oc1cccc(-c3ccccc3)c12)c1cccc2oc3ccc(-c4cccc5c4c4ccccc4n5C4=CC=CCC4)cc3c12)c1ccccc1. The molecule has 0 unspecified atom stereocenters. The zero-order chi connectivity index (χ0) is 41.9. The van der Waals surface area contributed by atoms with Gasteiger partial charge in [0.1, 0.15) is 22.3 Å².